The summed E-state index contributed by atoms with van der Waals surface area (Å²) in [5, 5.41) is 3.35. The molecule has 0 aromatic heterocycles. The highest BCUT2D eigenvalue weighted by atomic mass is 32.2. The number of hydrogen-bond acceptors (Lipinski definition) is 2. The zero-order valence-corrected chi connectivity index (χ0v) is 8.63. The van der Waals surface area contributed by atoms with E-state index in [9.17, 15) is 0 Å². The van der Waals surface area contributed by atoms with E-state index in [-0.39, 0.29) is 0 Å². The largest absolute Gasteiger partial charge is 0.312 e. The summed E-state index contributed by atoms with van der Waals surface area (Å²) < 4.78 is 0. The van der Waals surface area contributed by atoms with E-state index < -0.39 is 0 Å². The smallest absolute Gasteiger partial charge is 0.0137 e. The molecule has 1 N–H and O–H groups in total. The molecule has 66 valence electrons. The van der Waals surface area contributed by atoms with Gasteiger partial charge >= 0.3 is 0 Å². The van der Waals surface area contributed by atoms with Crippen LogP contribution in [0.25, 0.3) is 0 Å². The van der Waals surface area contributed by atoms with Gasteiger partial charge in [0.1, 0.15) is 0 Å². The van der Waals surface area contributed by atoms with Gasteiger partial charge in [-0.3, -0.25) is 0 Å². The van der Waals surface area contributed by atoms with Crippen molar-refractivity contribution in [3.8, 4) is 0 Å². The molecule has 2 heteroatoms. The molecular formula is C9H19NS. The Balaban J connectivity index is 2.97. The molecule has 0 aromatic rings. The standard InChI is InChI=1S/C9H19NS/c1-4-11-8-7-10-6-5-9(2)3/h5,10H,4,6-8H2,1-3H3. The summed E-state index contributed by atoms with van der Waals surface area (Å²) in [6.07, 6.45) is 2.22. The Labute approximate surface area is 74.6 Å². The summed E-state index contributed by atoms with van der Waals surface area (Å²) in [5.74, 6) is 2.46. The van der Waals surface area contributed by atoms with Crippen LogP contribution in [0.1, 0.15) is 20.8 Å². The quantitative estimate of drug-likeness (QED) is 0.488. The van der Waals surface area contributed by atoms with Crippen molar-refractivity contribution in [2.45, 2.75) is 20.8 Å². The molecular weight excluding hydrogens is 154 g/mol. The van der Waals surface area contributed by atoms with Crippen molar-refractivity contribution in [3.63, 3.8) is 0 Å². The van der Waals surface area contributed by atoms with Gasteiger partial charge in [-0.05, 0) is 19.6 Å². The lowest BCUT2D eigenvalue weighted by atomic mass is 10.3. The van der Waals surface area contributed by atoms with E-state index >= 15 is 0 Å². The molecule has 11 heavy (non-hydrogen) atoms. The van der Waals surface area contributed by atoms with Gasteiger partial charge < -0.3 is 5.32 Å². The van der Waals surface area contributed by atoms with Gasteiger partial charge in [0.2, 0.25) is 0 Å². The van der Waals surface area contributed by atoms with Crippen LogP contribution in [0.5, 0.6) is 0 Å². The van der Waals surface area contributed by atoms with Crippen molar-refractivity contribution in [2.75, 3.05) is 24.6 Å². The minimum Gasteiger partial charge on any atom is -0.312 e. The number of rotatable bonds is 6. The third kappa shape index (κ3) is 10.1. The minimum atomic E-state index is 1.02. The molecule has 0 aliphatic carbocycles. The zero-order chi connectivity index (χ0) is 8.53. The first-order chi connectivity index (χ1) is 5.27. The first-order valence-electron chi connectivity index (χ1n) is 4.19. The van der Waals surface area contributed by atoms with Gasteiger partial charge in [-0.2, -0.15) is 11.8 Å². The number of thioether (sulfide) groups is 1. The van der Waals surface area contributed by atoms with Gasteiger partial charge in [-0.25, -0.2) is 0 Å². The zero-order valence-electron chi connectivity index (χ0n) is 7.81. The van der Waals surface area contributed by atoms with Crippen molar-refractivity contribution in [1.29, 1.82) is 0 Å². The minimum absolute atomic E-state index is 1.02. The summed E-state index contributed by atoms with van der Waals surface area (Å²) in [6.45, 7) is 8.60. The number of hydrogen-bond donors (Lipinski definition) is 1. The lowest BCUT2D eigenvalue weighted by molar-refractivity contribution is 0.802. The summed E-state index contributed by atoms with van der Waals surface area (Å²) >= 11 is 1.98. The normalized spacial score (nSPS) is 9.73. The summed E-state index contributed by atoms with van der Waals surface area (Å²) in [7, 11) is 0. The maximum Gasteiger partial charge on any atom is 0.0137 e. The highest BCUT2D eigenvalue weighted by molar-refractivity contribution is 7.99. The molecule has 0 radical (unpaired) electrons. The van der Waals surface area contributed by atoms with Crippen molar-refractivity contribution in [3.05, 3.63) is 11.6 Å². The molecule has 0 atom stereocenters. The molecule has 0 amide bonds. The third-order valence-electron chi connectivity index (χ3n) is 1.28. The predicted octanol–water partition coefficient (Wildman–Crippen LogP) is 2.30. The summed E-state index contributed by atoms with van der Waals surface area (Å²) in [4.78, 5) is 0. The molecule has 0 heterocycles. The van der Waals surface area contributed by atoms with Crippen LogP contribution in [0.3, 0.4) is 0 Å². The van der Waals surface area contributed by atoms with E-state index in [1.807, 2.05) is 11.8 Å². The SMILES string of the molecule is CCSCCNCC=C(C)C. The predicted molar refractivity (Wildman–Crippen MR) is 55.3 cm³/mol. The van der Waals surface area contributed by atoms with Gasteiger partial charge in [0.05, 0.1) is 0 Å². The van der Waals surface area contributed by atoms with E-state index in [1.54, 1.807) is 0 Å². The second-order valence-corrected chi connectivity index (χ2v) is 4.08. The van der Waals surface area contributed by atoms with E-state index in [2.05, 4.69) is 32.2 Å². The maximum absolute atomic E-state index is 3.35. The molecule has 0 aliphatic rings. The Morgan fingerprint density at radius 3 is 2.73 bits per heavy atom. The van der Waals surface area contributed by atoms with E-state index in [4.69, 9.17) is 0 Å². The van der Waals surface area contributed by atoms with Crippen molar-refractivity contribution in [1.82, 2.24) is 5.32 Å². The van der Waals surface area contributed by atoms with Gasteiger partial charge in [0, 0.05) is 18.8 Å². The topological polar surface area (TPSA) is 12.0 Å². The molecule has 0 bridgehead atoms. The van der Waals surface area contributed by atoms with Gasteiger partial charge in [0.25, 0.3) is 0 Å². The number of allylic oxidation sites excluding steroid dienone is 1. The first-order valence-corrected chi connectivity index (χ1v) is 5.34. The molecule has 0 saturated heterocycles. The number of nitrogens with one attached hydrogen (secondary N) is 1. The fourth-order valence-electron chi connectivity index (χ4n) is 0.667. The van der Waals surface area contributed by atoms with E-state index in [1.165, 1.54) is 17.1 Å². The van der Waals surface area contributed by atoms with Crippen molar-refractivity contribution < 1.29 is 0 Å². The van der Waals surface area contributed by atoms with Crippen LogP contribution >= 0.6 is 11.8 Å². The lowest BCUT2D eigenvalue weighted by Crippen LogP contribution is -2.17. The van der Waals surface area contributed by atoms with Gasteiger partial charge in [0.15, 0.2) is 0 Å². The van der Waals surface area contributed by atoms with Crippen LogP contribution in [0.4, 0.5) is 0 Å². The fraction of sp³-hybridized carbons (Fsp3) is 0.778. The van der Waals surface area contributed by atoms with E-state index in [0.717, 1.165) is 13.1 Å². The molecule has 0 spiro atoms. The van der Waals surface area contributed by atoms with Crippen LogP contribution in [0.15, 0.2) is 11.6 Å². The molecule has 1 nitrogen and oxygen atoms in total. The van der Waals surface area contributed by atoms with Crippen LogP contribution in [0.2, 0.25) is 0 Å². The Hall–Kier alpha value is 0.0500. The molecule has 0 unspecified atom stereocenters. The Morgan fingerprint density at radius 2 is 2.18 bits per heavy atom. The molecule has 0 rings (SSSR count). The van der Waals surface area contributed by atoms with Gasteiger partial charge in [-0.1, -0.05) is 18.6 Å². The Bertz CT molecular complexity index is 106. The second kappa shape index (κ2) is 8.15. The van der Waals surface area contributed by atoms with E-state index in [0.29, 0.717) is 0 Å². The average Bonchev–Trinajstić information content (AvgIpc) is 1.96. The van der Waals surface area contributed by atoms with Gasteiger partial charge in [-0.15, -0.1) is 0 Å². The van der Waals surface area contributed by atoms with Crippen LogP contribution < -0.4 is 5.32 Å². The van der Waals surface area contributed by atoms with Crippen LogP contribution in [-0.2, 0) is 0 Å². The Morgan fingerprint density at radius 1 is 1.45 bits per heavy atom. The molecule has 0 saturated carbocycles. The highest BCUT2D eigenvalue weighted by Gasteiger charge is 1.84. The first kappa shape index (κ1) is 11.1. The lowest BCUT2D eigenvalue weighted by Gasteiger charge is -1.99. The van der Waals surface area contributed by atoms with Crippen LogP contribution in [0, 0.1) is 0 Å². The van der Waals surface area contributed by atoms with Crippen molar-refractivity contribution in [2.24, 2.45) is 0 Å². The highest BCUT2D eigenvalue weighted by Crippen LogP contribution is 1.94. The molecule has 0 fully saturated rings. The maximum atomic E-state index is 3.35. The monoisotopic (exact) mass is 173 g/mol. The molecule has 0 aromatic carbocycles. The molecule has 0 aliphatic heterocycles. The van der Waals surface area contributed by atoms with Crippen molar-refractivity contribution >= 4 is 11.8 Å². The average molecular weight is 173 g/mol. The van der Waals surface area contributed by atoms with Crippen LogP contribution in [-0.4, -0.2) is 24.6 Å². The summed E-state index contributed by atoms with van der Waals surface area (Å²) in [5.41, 5.74) is 1.39. The Kier molecular flexibility index (Phi) is 8.19. The third-order valence-corrected chi connectivity index (χ3v) is 2.18. The second-order valence-electron chi connectivity index (χ2n) is 2.68. The fourth-order valence-corrected chi connectivity index (χ4v) is 1.24. The summed E-state index contributed by atoms with van der Waals surface area (Å²) in [6, 6.07) is 0.